The number of rotatable bonds is 7. The molecule has 1 aromatic carbocycles. The maximum absolute atomic E-state index is 13.8. The van der Waals surface area contributed by atoms with E-state index < -0.39 is 38.3 Å². The Morgan fingerprint density at radius 1 is 1.03 bits per heavy atom. The van der Waals surface area contributed by atoms with Crippen LogP contribution in [0.5, 0.6) is 0 Å². The third-order valence-corrected chi connectivity index (χ3v) is 6.74. The zero-order valence-corrected chi connectivity index (χ0v) is 19.5. The van der Waals surface area contributed by atoms with E-state index in [1.165, 1.54) is 12.4 Å². The van der Waals surface area contributed by atoms with E-state index in [-0.39, 0.29) is 11.5 Å². The van der Waals surface area contributed by atoms with E-state index in [0.717, 1.165) is 11.6 Å². The van der Waals surface area contributed by atoms with Gasteiger partial charge in [0.25, 0.3) is 9.84 Å². The quantitative estimate of drug-likeness (QED) is 0.245. The molecule has 2 unspecified atom stereocenters. The summed E-state index contributed by atoms with van der Waals surface area (Å²) in [6.07, 6.45) is 4.64. The summed E-state index contributed by atoms with van der Waals surface area (Å²) in [6.45, 7) is 1.72. The standard InChI is InChI=1S/C21H19F4N7O3S/c1-11(30-20(33)14-6-17-16(8-26-14)29-10-32(17)2)15-7-28-19(9-27-15)31-12-3-4-13(22)18(5-12)36(34,35)21(23,24)25/h3-11,20,30,33H,1-2H3,(H,28,31). The van der Waals surface area contributed by atoms with Crippen molar-refractivity contribution in [1.29, 1.82) is 0 Å². The third kappa shape index (κ3) is 4.98. The van der Waals surface area contributed by atoms with Crippen molar-refractivity contribution in [2.24, 2.45) is 7.05 Å². The van der Waals surface area contributed by atoms with E-state index in [9.17, 15) is 31.1 Å². The van der Waals surface area contributed by atoms with Crippen molar-refractivity contribution in [3.8, 4) is 0 Å². The predicted octanol–water partition coefficient (Wildman–Crippen LogP) is 3.28. The first kappa shape index (κ1) is 25.4. The third-order valence-electron chi connectivity index (χ3n) is 5.23. The van der Waals surface area contributed by atoms with Crippen LogP contribution in [-0.4, -0.2) is 43.5 Å². The van der Waals surface area contributed by atoms with Gasteiger partial charge in [0.05, 0.1) is 47.9 Å². The molecule has 0 aliphatic carbocycles. The van der Waals surface area contributed by atoms with E-state index >= 15 is 0 Å². The SMILES string of the molecule is CC(NC(O)c1cc2c(cn1)ncn2C)c1cnc(Nc2ccc(F)c(S(=O)(=O)C(F)(F)F)c2)cn1. The van der Waals surface area contributed by atoms with Gasteiger partial charge in [-0.05, 0) is 31.2 Å². The number of aliphatic hydroxyl groups excluding tert-OH is 1. The monoisotopic (exact) mass is 525 g/mol. The molecule has 0 saturated carbocycles. The van der Waals surface area contributed by atoms with Gasteiger partial charge >= 0.3 is 5.51 Å². The van der Waals surface area contributed by atoms with Gasteiger partial charge in [-0.15, -0.1) is 0 Å². The zero-order valence-electron chi connectivity index (χ0n) is 18.7. The van der Waals surface area contributed by atoms with Crippen LogP contribution in [0, 0.1) is 5.82 Å². The van der Waals surface area contributed by atoms with Crippen LogP contribution in [0.4, 0.5) is 29.1 Å². The average molecular weight is 525 g/mol. The van der Waals surface area contributed by atoms with Crippen molar-refractivity contribution >= 4 is 32.4 Å². The van der Waals surface area contributed by atoms with Crippen LogP contribution in [0.2, 0.25) is 0 Å². The largest absolute Gasteiger partial charge is 0.502 e. The van der Waals surface area contributed by atoms with E-state index in [1.54, 1.807) is 30.1 Å². The van der Waals surface area contributed by atoms with Gasteiger partial charge in [0.2, 0.25) is 0 Å². The lowest BCUT2D eigenvalue weighted by Crippen LogP contribution is -2.26. The molecule has 2 atom stereocenters. The van der Waals surface area contributed by atoms with Gasteiger partial charge in [0.15, 0.2) is 0 Å². The van der Waals surface area contributed by atoms with Gasteiger partial charge in [-0.1, -0.05) is 0 Å². The Morgan fingerprint density at radius 2 is 1.75 bits per heavy atom. The van der Waals surface area contributed by atoms with Gasteiger partial charge in [0, 0.05) is 12.7 Å². The molecule has 15 heteroatoms. The van der Waals surface area contributed by atoms with Crippen molar-refractivity contribution in [1.82, 2.24) is 29.8 Å². The number of sulfone groups is 1. The number of pyridine rings is 1. The predicted molar refractivity (Wildman–Crippen MR) is 120 cm³/mol. The number of nitrogens with one attached hydrogen (secondary N) is 2. The molecule has 10 nitrogen and oxygen atoms in total. The molecule has 4 rings (SSSR count). The number of aliphatic hydroxyl groups is 1. The number of alkyl halides is 3. The zero-order chi connectivity index (χ0) is 26.3. The smallest absolute Gasteiger partial charge is 0.373 e. The number of anilines is 2. The number of halogens is 4. The Bertz CT molecular complexity index is 1510. The fraction of sp³-hybridized carbons (Fsp3) is 0.238. The molecule has 3 heterocycles. The van der Waals surface area contributed by atoms with Crippen LogP contribution >= 0.6 is 0 Å². The summed E-state index contributed by atoms with van der Waals surface area (Å²) >= 11 is 0. The molecule has 0 spiro atoms. The van der Waals surface area contributed by atoms with Gasteiger partial charge < -0.3 is 15.0 Å². The Kier molecular flexibility index (Phi) is 6.64. The fourth-order valence-corrected chi connectivity index (χ4v) is 4.15. The first-order valence-electron chi connectivity index (χ1n) is 10.3. The van der Waals surface area contributed by atoms with Crippen molar-refractivity contribution in [2.45, 2.75) is 29.6 Å². The highest BCUT2D eigenvalue weighted by molar-refractivity contribution is 7.92. The van der Waals surface area contributed by atoms with Gasteiger partial charge in [-0.2, -0.15) is 13.2 Å². The summed E-state index contributed by atoms with van der Waals surface area (Å²) in [5, 5.41) is 16.1. The molecule has 3 aromatic heterocycles. The number of nitrogens with zero attached hydrogens (tertiary/aromatic N) is 5. The van der Waals surface area contributed by atoms with Crippen molar-refractivity contribution < 1.29 is 31.1 Å². The molecule has 0 saturated heterocycles. The second-order valence-corrected chi connectivity index (χ2v) is 9.70. The molecule has 3 N–H and O–H groups in total. The maximum atomic E-state index is 13.8. The number of aromatic nitrogens is 5. The Morgan fingerprint density at radius 3 is 2.42 bits per heavy atom. The van der Waals surface area contributed by atoms with E-state index in [2.05, 4.69) is 30.6 Å². The van der Waals surface area contributed by atoms with Gasteiger partial charge in [-0.3, -0.25) is 15.3 Å². The number of aryl methyl sites for hydroxylation is 1. The van der Waals surface area contributed by atoms with E-state index in [0.29, 0.717) is 29.0 Å². The Balaban J connectivity index is 1.46. The number of benzene rings is 1. The lowest BCUT2D eigenvalue weighted by atomic mass is 10.2. The summed E-state index contributed by atoms with van der Waals surface area (Å²) in [7, 11) is -4.06. The van der Waals surface area contributed by atoms with Crippen LogP contribution in [0.15, 0.2) is 54.1 Å². The lowest BCUT2D eigenvalue weighted by Gasteiger charge is -2.18. The second-order valence-electron chi connectivity index (χ2n) is 7.79. The summed E-state index contributed by atoms with van der Waals surface area (Å²) in [5.41, 5.74) is -3.54. The summed E-state index contributed by atoms with van der Waals surface area (Å²) < 4.78 is 77.3. The molecule has 4 aromatic rings. The first-order chi connectivity index (χ1) is 16.9. The van der Waals surface area contributed by atoms with Crippen LogP contribution in [-0.2, 0) is 16.9 Å². The maximum Gasteiger partial charge on any atom is 0.502 e. The van der Waals surface area contributed by atoms with Crippen molar-refractivity contribution in [2.75, 3.05) is 5.32 Å². The molecule has 0 aliphatic heterocycles. The van der Waals surface area contributed by atoms with E-state index in [1.807, 2.05) is 7.05 Å². The van der Waals surface area contributed by atoms with Crippen LogP contribution < -0.4 is 10.6 Å². The van der Waals surface area contributed by atoms with Gasteiger partial charge in [0.1, 0.15) is 28.3 Å². The highest BCUT2D eigenvalue weighted by Gasteiger charge is 2.48. The Labute approximate surface area is 202 Å². The lowest BCUT2D eigenvalue weighted by molar-refractivity contribution is -0.0437. The molecule has 190 valence electrons. The number of fused-ring (bicyclic) bond motifs is 1. The molecule has 0 fully saturated rings. The van der Waals surface area contributed by atoms with Crippen molar-refractivity contribution in [3.05, 3.63) is 66.4 Å². The number of hydrogen-bond donors (Lipinski definition) is 3. The van der Waals surface area contributed by atoms with Crippen molar-refractivity contribution in [3.63, 3.8) is 0 Å². The highest BCUT2D eigenvalue weighted by Crippen LogP contribution is 2.33. The molecule has 36 heavy (non-hydrogen) atoms. The summed E-state index contributed by atoms with van der Waals surface area (Å²) in [6, 6.07) is 3.40. The summed E-state index contributed by atoms with van der Waals surface area (Å²) in [4.78, 5) is 15.2. The first-order valence-corrected chi connectivity index (χ1v) is 11.8. The summed E-state index contributed by atoms with van der Waals surface area (Å²) in [5.74, 6) is -1.47. The van der Waals surface area contributed by atoms with Gasteiger partial charge in [-0.25, -0.2) is 22.8 Å². The molecular weight excluding hydrogens is 506 g/mol. The molecule has 0 radical (unpaired) electrons. The molecule has 0 amide bonds. The minimum Gasteiger partial charge on any atom is -0.373 e. The topological polar surface area (TPSA) is 135 Å². The molecule has 0 bridgehead atoms. The Hall–Kier alpha value is -3.69. The molecular formula is C21H19F4N7O3S. The van der Waals surface area contributed by atoms with Crippen LogP contribution in [0.3, 0.4) is 0 Å². The fourth-order valence-electron chi connectivity index (χ4n) is 3.29. The van der Waals surface area contributed by atoms with Crippen LogP contribution in [0.25, 0.3) is 11.0 Å². The molecule has 0 aliphatic rings. The highest BCUT2D eigenvalue weighted by atomic mass is 32.2. The average Bonchev–Trinajstić information content (AvgIpc) is 3.20. The minimum atomic E-state index is -5.88. The second kappa shape index (κ2) is 9.40. The van der Waals surface area contributed by atoms with Crippen LogP contribution in [0.1, 0.15) is 30.6 Å². The number of imidazole rings is 1. The van der Waals surface area contributed by atoms with E-state index in [4.69, 9.17) is 0 Å². The minimum absolute atomic E-state index is 0.0665. The number of hydrogen-bond acceptors (Lipinski definition) is 9. The normalized spacial score (nSPS) is 14.1.